The summed E-state index contributed by atoms with van der Waals surface area (Å²) in [4.78, 5) is 0. The third-order valence-corrected chi connectivity index (χ3v) is 9.41. The smallest absolute Gasteiger partial charge is 0.161 e. The molecule has 192 valence electrons. The molecule has 0 N–H and O–H groups in total. The minimum atomic E-state index is 0.905. The number of fused-ring (bicyclic) bond motifs is 8. The zero-order valence-corrected chi connectivity index (χ0v) is 22.9. The molecule has 9 aromatic rings. The van der Waals surface area contributed by atoms with Crippen molar-refractivity contribution in [2.75, 3.05) is 0 Å². The molecule has 3 heterocycles. The lowest BCUT2D eigenvalue weighted by molar-refractivity contribution is 0.673. The molecule has 0 bridgehead atoms. The fourth-order valence-corrected chi connectivity index (χ4v) is 7.68. The lowest BCUT2D eigenvalue weighted by atomic mass is 9.97. The summed E-state index contributed by atoms with van der Waals surface area (Å²) in [6.07, 6.45) is 0. The Morgan fingerprint density at radius 3 is 2.15 bits per heavy atom. The normalized spacial score (nSPS) is 11.9. The van der Waals surface area contributed by atoms with E-state index in [0.29, 0.717) is 0 Å². The van der Waals surface area contributed by atoms with Gasteiger partial charge in [-0.1, -0.05) is 97.1 Å². The van der Waals surface area contributed by atoms with Crippen LogP contribution in [0.1, 0.15) is 0 Å². The SMILES string of the molecule is c1ccc(-c2cccc3c2sc2cccc(-c4ccc5oc6c7ccccc7n(-c7ccccc7)c6c5c4)c23)cc1. The van der Waals surface area contributed by atoms with Crippen LogP contribution in [0, 0.1) is 0 Å². The monoisotopic (exact) mass is 541 g/mol. The van der Waals surface area contributed by atoms with Crippen molar-refractivity contribution in [1.29, 1.82) is 0 Å². The molecule has 2 nitrogen and oxygen atoms in total. The van der Waals surface area contributed by atoms with Gasteiger partial charge < -0.3 is 8.98 Å². The van der Waals surface area contributed by atoms with Crippen molar-refractivity contribution in [3.8, 4) is 27.9 Å². The highest BCUT2D eigenvalue weighted by Gasteiger charge is 2.20. The predicted octanol–water partition coefficient (Wildman–Crippen LogP) is 11.2. The van der Waals surface area contributed by atoms with Gasteiger partial charge in [0.15, 0.2) is 5.58 Å². The number of benzene rings is 6. The van der Waals surface area contributed by atoms with Gasteiger partial charge in [-0.15, -0.1) is 11.3 Å². The Morgan fingerprint density at radius 1 is 0.537 bits per heavy atom. The van der Waals surface area contributed by atoms with Gasteiger partial charge in [-0.3, -0.25) is 0 Å². The van der Waals surface area contributed by atoms with E-state index in [-0.39, 0.29) is 0 Å². The molecule has 41 heavy (non-hydrogen) atoms. The van der Waals surface area contributed by atoms with E-state index in [2.05, 4.69) is 144 Å². The zero-order valence-electron chi connectivity index (χ0n) is 22.0. The molecule has 0 aliphatic carbocycles. The first-order valence-corrected chi connectivity index (χ1v) is 14.7. The number of hydrogen-bond acceptors (Lipinski definition) is 2. The molecule has 9 rings (SSSR count). The number of nitrogens with zero attached hydrogens (tertiary/aromatic N) is 1. The van der Waals surface area contributed by atoms with Crippen LogP contribution >= 0.6 is 11.3 Å². The summed E-state index contributed by atoms with van der Waals surface area (Å²) in [5.41, 5.74) is 10.2. The van der Waals surface area contributed by atoms with Gasteiger partial charge in [-0.05, 0) is 64.7 Å². The molecule has 0 saturated heterocycles. The van der Waals surface area contributed by atoms with Crippen LogP contribution in [0.25, 0.3) is 81.1 Å². The summed E-state index contributed by atoms with van der Waals surface area (Å²) in [5.74, 6) is 0. The largest absolute Gasteiger partial charge is 0.454 e. The molecule has 0 spiro atoms. The van der Waals surface area contributed by atoms with Crippen LogP contribution in [-0.4, -0.2) is 4.57 Å². The highest BCUT2D eigenvalue weighted by atomic mass is 32.1. The summed E-state index contributed by atoms with van der Waals surface area (Å²) >= 11 is 1.88. The fraction of sp³-hybridized carbons (Fsp3) is 0. The van der Waals surface area contributed by atoms with E-state index in [4.69, 9.17) is 4.42 Å². The van der Waals surface area contributed by atoms with Gasteiger partial charge in [-0.25, -0.2) is 0 Å². The molecular weight excluding hydrogens is 518 g/mol. The lowest BCUT2D eigenvalue weighted by Gasteiger charge is -2.08. The number of hydrogen-bond donors (Lipinski definition) is 0. The summed E-state index contributed by atoms with van der Waals surface area (Å²) in [5, 5.41) is 4.87. The molecule has 0 atom stereocenters. The third kappa shape index (κ3) is 3.30. The summed E-state index contributed by atoms with van der Waals surface area (Å²) in [6.45, 7) is 0. The average molecular weight is 542 g/mol. The molecule has 6 aromatic carbocycles. The second-order valence-corrected chi connectivity index (χ2v) is 11.6. The number of rotatable bonds is 3. The van der Waals surface area contributed by atoms with E-state index in [1.165, 1.54) is 42.4 Å². The Hall–Kier alpha value is -5.12. The molecule has 0 aliphatic heterocycles. The molecular formula is C38H23NOS. The number of thiophene rings is 1. The standard InChI is InChI=1S/C38H23NOS/c1-3-11-24(12-4-1)28-17-9-18-30-35-27(16-10-20-34(35)41-38(28)30)25-21-22-33-31(23-25)36-37(40-33)29-15-7-8-19-32(29)39(36)26-13-5-2-6-14-26/h1-23H. The minimum absolute atomic E-state index is 0.905. The van der Waals surface area contributed by atoms with Crippen LogP contribution in [0.4, 0.5) is 0 Å². The molecule has 0 fully saturated rings. The van der Waals surface area contributed by atoms with Crippen molar-refractivity contribution in [3.63, 3.8) is 0 Å². The van der Waals surface area contributed by atoms with Crippen molar-refractivity contribution in [2.24, 2.45) is 0 Å². The highest BCUT2D eigenvalue weighted by Crippen LogP contribution is 2.45. The average Bonchev–Trinajstić information content (AvgIpc) is 3.70. The first kappa shape index (κ1) is 22.7. The Balaban J connectivity index is 1.33. The van der Waals surface area contributed by atoms with Crippen LogP contribution in [0.5, 0.6) is 0 Å². The van der Waals surface area contributed by atoms with Crippen molar-refractivity contribution < 1.29 is 4.42 Å². The van der Waals surface area contributed by atoms with Gasteiger partial charge in [0.05, 0.1) is 5.52 Å². The molecule has 0 amide bonds. The summed E-state index contributed by atoms with van der Waals surface area (Å²) in [7, 11) is 0. The van der Waals surface area contributed by atoms with E-state index in [1.807, 2.05) is 11.3 Å². The van der Waals surface area contributed by atoms with Crippen LogP contribution in [0.15, 0.2) is 144 Å². The van der Waals surface area contributed by atoms with Gasteiger partial charge >= 0.3 is 0 Å². The Kier molecular flexibility index (Phi) is 4.80. The Morgan fingerprint density at radius 2 is 1.27 bits per heavy atom. The number of para-hydroxylation sites is 2. The van der Waals surface area contributed by atoms with Crippen molar-refractivity contribution in [2.45, 2.75) is 0 Å². The van der Waals surface area contributed by atoms with Crippen molar-refractivity contribution >= 4 is 64.5 Å². The Labute approximate surface area is 240 Å². The van der Waals surface area contributed by atoms with E-state index in [9.17, 15) is 0 Å². The van der Waals surface area contributed by atoms with Gasteiger partial charge in [0.1, 0.15) is 11.1 Å². The van der Waals surface area contributed by atoms with Crippen molar-refractivity contribution in [3.05, 3.63) is 140 Å². The van der Waals surface area contributed by atoms with Gasteiger partial charge in [0, 0.05) is 36.6 Å². The van der Waals surface area contributed by atoms with Gasteiger partial charge in [-0.2, -0.15) is 0 Å². The quantitative estimate of drug-likeness (QED) is 0.217. The first-order valence-electron chi connectivity index (χ1n) is 13.9. The topological polar surface area (TPSA) is 18.1 Å². The molecule has 0 radical (unpaired) electrons. The maximum absolute atomic E-state index is 6.55. The van der Waals surface area contributed by atoms with Crippen LogP contribution in [0.2, 0.25) is 0 Å². The maximum Gasteiger partial charge on any atom is 0.161 e. The highest BCUT2D eigenvalue weighted by molar-refractivity contribution is 7.26. The molecule has 3 heteroatoms. The van der Waals surface area contributed by atoms with E-state index >= 15 is 0 Å². The second kappa shape index (κ2) is 8.69. The van der Waals surface area contributed by atoms with Gasteiger partial charge in [0.2, 0.25) is 0 Å². The molecule has 0 aliphatic rings. The maximum atomic E-state index is 6.55. The molecule has 0 unspecified atom stereocenters. The number of aromatic nitrogens is 1. The van der Waals surface area contributed by atoms with Crippen LogP contribution in [0.3, 0.4) is 0 Å². The van der Waals surface area contributed by atoms with E-state index in [0.717, 1.165) is 38.7 Å². The molecule has 0 saturated carbocycles. The number of furan rings is 1. The second-order valence-electron chi connectivity index (χ2n) is 10.5. The molecule has 3 aromatic heterocycles. The van der Waals surface area contributed by atoms with Crippen LogP contribution < -0.4 is 0 Å². The Bertz CT molecular complexity index is 2410. The zero-order chi connectivity index (χ0) is 26.9. The summed E-state index contributed by atoms with van der Waals surface area (Å²) < 4.78 is 11.5. The lowest BCUT2D eigenvalue weighted by Crippen LogP contribution is -1.92. The minimum Gasteiger partial charge on any atom is -0.454 e. The van der Waals surface area contributed by atoms with Crippen LogP contribution in [-0.2, 0) is 0 Å². The first-order chi connectivity index (χ1) is 20.3. The third-order valence-electron chi connectivity index (χ3n) is 8.21. The van der Waals surface area contributed by atoms with E-state index in [1.54, 1.807) is 0 Å². The van der Waals surface area contributed by atoms with Gasteiger partial charge in [0.25, 0.3) is 0 Å². The fourth-order valence-electron chi connectivity index (χ4n) is 6.42. The summed E-state index contributed by atoms with van der Waals surface area (Å²) in [6, 6.07) is 49.8. The predicted molar refractivity (Wildman–Crippen MR) is 174 cm³/mol. The van der Waals surface area contributed by atoms with E-state index < -0.39 is 0 Å². The van der Waals surface area contributed by atoms with Crippen molar-refractivity contribution in [1.82, 2.24) is 4.57 Å².